The summed E-state index contributed by atoms with van der Waals surface area (Å²) in [5, 5.41) is 9.59. The molecule has 1 fully saturated rings. The molecule has 2 atom stereocenters. The van der Waals surface area contributed by atoms with E-state index in [0.717, 1.165) is 47.6 Å². The second-order valence-electron chi connectivity index (χ2n) is 9.75. The number of benzene rings is 4. The Morgan fingerprint density at radius 1 is 0.846 bits per heavy atom. The van der Waals surface area contributed by atoms with E-state index in [1.54, 1.807) is 0 Å². The molecule has 198 valence electrons. The molecule has 2 amide bonds. The average molecular weight is 519 g/mol. The second kappa shape index (κ2) is 12.4. The third-order valence-corrected chi connectivity index (χ3v) is 7.08. The molecular weight excluding hydrogens is 484 g/mol. The molecular formula is C33H34N4O2. The Labute approximate surface area is 230 Å². The molecule has 0 aliphatic carbocycles. The predicted octanol–water partition coefficient (Wildman–Crippen LogP) is 5.65. The molecule has 4 aromatic rings. The van der Waals surface area contributed by atoms with Crippen LogP contribution in [0.2, 0.25) is 0 Å². The van der Waals surface area contributed by atoms with Crippen LogP contribution in [0.5, 0.6) is 0 Å². The summed E-state index contributed by atoms with van der Waals surface area (Å²) in [4.78, 5) is 28.3. The maximum absolute atomic E-state index is 13.2. The van der Waals surface area contributed by atoms with E-state index in [1.165, 1.54) is 0 Å². The number of hydrogen-bond acceptors (Lipinski definition) is 4. The Balaban J connectivity index is 1.22. The van der Waals surface area contributed by atoms with Crippen LogP contribution in [-0.2, 0) is 4.79 Å². The molecule has 0 spiro atoms. The van der Waals surface area contributed by atoms with Crippen LogP contribution in [0.15, 0.2) is 109 Å². The second-order valence-corrected chi connectivity index (χ2v) is 9.75. The standard InChI is InChI=1S/C33H34N4O2/c1-2-34-33(39)31(25-13-7-4-8-14-25)35-27-21-22-37(23-27)28-19-17-26(18-20-28)36-32(38)30-16-10-9-15-29(30)24-11-5-3-6-12-24/h3-20,27,31,35H,2,21-23H2,1H3,(H,34,39)(H,36,38). The first-order valence-corrected chi connectivity index (χ1v) is 13.5. The van der Waals surface area contributed by atoms with Crippen LogP contribution < -0.4 is 20.9 Å². The molecule has 6 heteroatoms. The van der Waals surface area contributed by atoms with Crippen LogP contribution in [-0.4, -0.2) is 37.5 Å². The number of hydrogen-bond donors (Lipinski definition) is 3. The van der Waals surface area contributed by atoms with Crippen molar-refractivity contribution >= 4 is 23.2 Å². The van der Waals surface area contributed by atoms with Gasteiger partial charge in [-0.15, -0.1) is 0 Å². The van der Waals surface area contributed by atoms with Gasteiger partial charge in [-0.05, 0) is 60.4 Å². The zero-order valence-corrected chi connectivity index (χ0v) is 22.1. The SMILES string of the molecule is CCNC(=O)C(NC1CCN(c2ccc(NC(=O)c3ccccc3-c3ccccc3)cc2)C1)c1ccccc1. The maximum atomic E-state index is 13.2. The van der Waals surface area contributed by atoms with E-state index in [1.807, 2.05) is 116 Å². The van der Waals surface area contributed by atoms with Gasteiger partial charge in [-0.3, -0.25) is 14.9 Å². The highest BCUT2D eigenvalue weighted by Crippen LogP contribution is 2.27. The molecule has 0 aromatic heterocycles. The van der Waals surface area contributed by atoms with Gasteiger partial charge in [-0.2, -0.15) is 0 Å². The Bertz CT molecular complexity index is 1390. The van der Waals surface area contributed by atoms with Gasteiger partial charge in [0.15, 0.2) is 0 Å². The van der Waals surface area contributed by atoms with Crippen LogP contribution in [0.4, 0.5) is 11.4 Å². The zero-order valence-electron chi connectivity index (χ0n) is 22.1. The average Bonchev–Trinajstić information content (AvgIpc) is 3.46. The van der Waals surface area contributed by atoms with Crippen molar-refractivity contribution in [3.05, 3.63) is 120 Å². The van der Waals surface area contributed by atoms with Crippen molar-refractivity contribution in [1.29, 1.82) is 0 Å². The fourth-order valence-corrected chi connectivity index (χ4v) is 5.12. The first kappa shape index (κ1) is 26.2. The summed E-state index contributed by atoms with van der Waals surface area (Å²) >= 11 is 0. The van der Waals surface area contributed by atoms with E-state index in [-0.39, 0.29) is 23.9 Å². The topological polar surface area (TPSA) is 73.5 Å². The van der Waals surface area contributed by atoms with Crippen LogP contribution in [0.3, 0.4) is 0 Å². The van der Waals surface area contributed by atoms with Crippen LogP contribution in [0.25, 0.3) is 11.1 Å². The zero-order chi connectivity index (χ0) is 27.0. The number of carbonyl (C=O) groups is 2. The van der Waals surface area contributed by atoms with Crippen molar-refractivity contribution in [2.45, 2.75) is 25.4 Å². The van der Waals surface area contributed by atoms with Gasteiger partial charge >= 0.3 is 0 Å². The number of nitrogens with one attached hydrogen (secondary N) is 3. The van der Waals surface area contributed by atoms with Crippen LogP contribution in [0, 0.1) is 0 Å². The smallest absolute Gasteiger partial charge is 0.256 e. The number of rotatable bonds is 9. The van der Waals surface area contributed by atoms with Gasteiger partial charge in [-0.1, -0.05) is 78.9 Å². The molecule has 0 bridgehead atoms. The largest absolute Gasteiger partial charge is 0.370 e. The number of carbonyl (C=O) groups excluding carboxylic acids is 2. The van der Waals surface area contributed by atoms with Crippen molar-refractivity contribution < 1.29 is 9.59 Å². The van der Waals surface area contributed by atoms with Crippen molar-refractivity contribution in [2.75, 3.05) is 29.9 Å². The van der Waals surface area contributed by atoms with Crippen molar-refractivity contribution in [3.8, 4) is 11.1 Å². The van der Waals surface area contributed by atoms with Gasteiger partial charge < -0.3 is 15.5 Å². The lowest BCUT2D eigenvalue weighted by Crippen LogP contribution is -2.43. The van der Waals surface area contributed by atoms with E-state index < -0.39 is 0 Å². The Morgan fingerprint density at radius 3 is 2.23 bits per heavy atom. The highest BCUT2D eigenvalue weighted by Gasteiger charge is 2.28. The third kappa shape index (κ3) is 6.36. The summed E-state index contributed by atoms with van der Waals surface area (Å²) in [5.74, 6) is -0.138. The number of amides is 2. The normalized spacial score (nSPS) is 15.5. The molecule has 0 radical (unpaired) electrons. The van der Waals surface area contributed by atoms with E-state index in [2.05, 4.69) is 20.9 Å². The lowest BCUT2D eigenvalue weighted by molar-refractivity contribution is -0.123. The molecule has 6 nitrogen and oxygen atoms in total. The summed E-state index contributed by atoms with van der Waals surface area (Å²) in [6, 6.07) is 35.2. The molecule has 39 heavy (non-hydrogen) atoms. The number of nitrogens with zero attached hydrogens (tertiary/aromatic N) is 1. The maximum Gasteiger partial charge on any atom is 0.256 e. The van der Waals surface area contributed by atoms with E-state index in [4.69, 9.17) is 0 Å². The Hall–Kier alpha value is -4.42. The molecule has 1 aliphatic rings. The first-order valence-electron chi connectivity index (χ1n) is 13.5. The molecule has 1 saturated heterocycles. The molecule has 0 saturated carbocycles. The monoisotopic (exact) mass is 518 g/mol. The molecule has 1 heterocycles. The lowest BCUT2D eigenvalue weighted by atomic mass is 9.99. The minimum absolute atomic E-state index is 0.00363. The first-order chi connectivity index (χ1) is 19.1. The summed E-state index contributed by atoms with van der Waals surface area (Å²) in [7, 11) is 0. The quantitative estimate of drug-likeness (QED) is 0.268. The van der Waals surface area contributed by atoms with Gasteiger partial charge in [0.25, 0.3) is 5.91 Å². The minimum Gasteiger partial charge on any atom is -0.370 e. The summed E-state index contributed by atoms with van der Waals surface area (Å²) in [6.07, 6.45) is 0.942. The Kier molecular flexibility index (Phi) is 8.34. The fraction of sp³-hybridized carbons (Fsp3) is 0.212. The van der Waals surface area contributed by atoms with Crippen LogP contribution in [0.1, 0.15) is 35.3 Å². The lowest BCUT2D eigenvalue weighted by Gasteiger charge is -2.24. The van der Waals surface area contributed by atoms with E-state index in [0.29, 0.717) is 12.1 Å². The molecule has 3 N–H and O–H groups in total. The van der Waals surface area contributed by atoms with Gasteiger partial charge in [0, 0.05) is 42.6 Å². The minimum atomic E-state index is -0.382. The van der Waals surface area contributed by atoms with Crippen LogP contribution >= 0.6 is 0 Å². The highest BCUT2D eigenvalue weighted by atomic mass is 16.2. The van der Waals surface area contributed by atoms with Crippen molar-refractivity contribution in [1.82, 2.24) is 10.6 Å². The van der Waals surface area contributed by atoms with Gasteiger partial charge in [0.1, 0.15) is 6.04 Å². The predicted molar refractivity (Wildman–Crippen MR) is 158 cm³/mol. The Morgan fingerprint density at radius 2 is 1.51 bits per heavy atom. The summed E-state index contributed by atoms with van der Waals surface area (Å²) in [5.41, 5.74) is 5.37. The van der Waals surface area contributed by atoms with E-state index in [9.17, 15) is 9.59 Å². The van der Waals surface area contributed by atoms with Gasteiger partial charge in [0.2, 0.25) is 5.91 Å². The molecule has 4 aromatic carbocycles. The highest BCUT2D eigenvalue weighted by molar-refractivity contribution is 6.08. The summed E-state index contributed by atoms with van der Waals surface area (Å²) in [6.45, 7) is 4.23. The molecule has 2 unspecified atom stereocenters. The third-order valence-electron chi connectivity index (χ3n) is 7.08. The summed E-state index contributed by atoms with van der Waals surface area (Å²) < 4.78 is 0. The fourth-order valence-electron chi connectivity index (χ4n) is 5.12. The van der Waals surface area contributed by atoms with Crippen molar-refractivity contribution in [3.63, 3.8) is 0 Å². The van der Waals surface area contributed by atoms with Gasteiger partial charge in [-0.25, -0.2) is 0 Å². The van der Waals surface area contributed by atoms with Crippen molar-refractivity contribution in [2.24, 2.45) is 0 Å². The molecule has 5 rings (SSSR count). The number of likely N-dealkylation sites (N-methyl/N-ethyl adjacent to an activating group) is 1. The van der Waals surface area contributed by atoms with Gasteiger partial charge in [0.05, 0.1) is 0 Å². The molecule has 1 aliphatic heterocycles. The number of anilines is 2. The van der Waals surface area contributed by atoms with E-state index >= 15 is 0 Å².